The number of aromatic nitrogens is 2. The number of benzene rings is 2. The van der Waals surface area contributed by atoms with E-state index in [1.807, 2.05) is 37.5 Å². The highest BCUT2D eigenvalue weighted by Gasteiger charge is 2.34. The zero-order chi connectivity index (χ0) is 16.7. The van der Waals surface area contributed by atoms with Crippen LogP contribution < -0.4 is 0 Å². The second kappa shape index (κ2) is 5.45. The minimum absolute atomic E-state index is 0.230. The Kier molecular flexibility index (Phi) is 3.27. The normalized spacial score (nSPS) is 13.5. The second-order valence-electron chi connectivity index (χ2n) is 5.84. The van der Waals surface area contributed by atoms with Crippen LogP contribution in [0.5, 0.6) is 0 Å². The molecule has 0 atom stereocenters. The maximum absolute atomic E-state index is 12.4. The summed E-state index contributed by atoms with van der Waals surface area (Å²) in [7, 11) is 1.88. The molecule has 118 valence electrons. The van der Waals surface area contributed by atoms with Crippen LogP contribution in [-0.2, 0) is 13.6 Å². The Balaban J connectivity index is 1.56. The van der Waals surface area contributed by atoms with E-state index in [1.165, 1.54) is 4.90 Å². The third-order valence-electron chi connectivity index (χ3n) is 4.21. The van der Waals surface area contributed by atoms with Gasteiger partial charge in [0.15, 0.2) is 0 Å². The van der Waals surface area contributed by atoms with E-state index in [-0.39, 0.29) is 18.4 Å². The molecule has 24 heavy (non-hydrogen) atoms. The van der Waals surface area contributed by atoms with Gasteiger partial charge in [0.2, 0.25) is 0 Å². The highest BCUT2D eigenvalue weighted by atomic mass is 16.2. The first-order chi connectivity index (χ1) is 11.6. The average Bonchev–Trinajstić information content (AvgIpc) is 3.14. The maximum atomic E-state index is 12.4. The van der Waals surface area contributed by atoms with E-state index in [1.54, 1.807) is 35.1 Å². The van der Waals surface area contributed by atoms with Gasteiger partial charge in [-0.15, -0.1) is 0 Å². The minimum atomic E-state index is -0.230. The molecule has 2 heterocycles. The van der Waals surface area contributed by atoms with Crippen molar-refractivity contribution in [2.24, 2.45) is 7.05 Å². The van der Waals surface area contributed by atoms with Crippen molar-refractivity contribution in [2.75, 3.05) is 0 Å². The van der Waals surface area contributed by atoms with Gasteiger partial charge in [0.25, 0.3) is 11.8 Å². The molecule has 0 unspecified atom stereocenters. The number of rotatable bonds is 3. The molecule has 2 amide bonds. The number of amides is 2. The van der Waals surface area contributed by atoms with Gasteiger partial charge in [0.05, 0.1) is 23.9 Å². The number of carbonyl (C=O) groups excluding carboxylic acids is 2. The third kappa shape index (κ3) is 2.31. The summed E-state index contributed by atoms with van der Waals surface area (Å²) in [6.45, 7) is 0.277. The highest BCUT2D eigenvalue weighted by Crippen LogP contribution is 2.25. The molecule has 0 saturated heterocycles. The molecule has 0 radical (unpaired) electrons. The summed E-state index contributed by atoms with van der Waals surface area (Å²) >= 11 is 0. The quantitative estimate of drug-likeness (QED) is 0.698. The summed E-state index contributed by atoms with van der Waals surface area (Å²) in [5.74, 6) is -0.459. The lowest BCUT2D eigenvalue weighted by Gasteiger charge is -2.14. The second-order valence-corrected chi connectivity index (χ2v) is 5.84. The molecule has 4 rings (SSSR count). The van der Waals surface area contributed by atoms with Crippen molar-refractivity contribution in [3.05, 3.63) is 77.6 Å². The van der Waals surface area contributed by atoms with Crippen molar-refractivity contribution in [3.8, 4) is 11.1 Å². The molecule has 2 aromatic carbocycles. The molecule has 0 saturated carbocycles. The van der Waals surface area contributed by atoms with E-state index < -0.39 is 0 Å². The molecule has 5 nitrogen and oxygen atoms in total. The fourth-order valence-electron chi connectivity index (χ4n) is 2.94. The van der Waals surface area contributed by atoms with E-state index in [0.29, 0.717) is 11.1 Å². The van der Waals surface area contributed by atoms with Crippen LogP contribution in [0.25, 0.3) is 11.1 Å². The van der Waals surface area contributed by atoms with E-state index >= 15 is 0 Å². The summed E-state index contributed by atoms with van der Waals surface area (Å²) in [5.41, 5.74) is 3.96. The number of hydrogen-bond acceptors (Lipinski definition) is 3. The van der Waals surface area contributed by atoms with Gasteiger partial charge in [0, 0.05) is 18.8 Å². The molecule has 0 N–H and O–H groups in total. The molecule has 0 aliphatic carbocycles. The highest BCUT2D eigenvalue weighted by molar-refractivity contribution is 6.21. The smallest absolute Gasteiger partial charge is 0.261 e. The molecule has 1 aromatic heterocycles. The van der Waals surface area contributed by atoms with Crippen LogP contribution in [0.3, 0.4) is 0 Å². The van der Waals surface area contributed by atoms with Gasteiger partial charge in [-0.2, -0.15) is 5.10 Å². The fourth-order valence-corrected chi connectivity index (χ4v) is 2.94. The molecular weight excluding hydrogens is 302 g/mol. The molecule has 0 fully saturated rings. The predicted octanol–water partition coefficient (Wildman–Crippen LogP) is 2.88. The Labute approximate surface area is 139 Å². The largest absolute Gasteiger partial charge is 0.275 e. The van der Waals surface area contributed by atoms with Crippen molar-refractivity contribution in [2.45, 2.75) is 6.54 Å². The first-order valence-electron chi connectivity index (χ1n) is 7.66. The minimum Gasteiger partial charge on any atom is -0.275 e. The van der Waals surface area contributed by atoms with Crippen molar-refractivity contribution in [1.29, 1.82) is 0 Å². The lowest BCUT2D eigenvalue weighted by molar-refractivity contribution is 0.0642. The maximum Gasteiger partial charge on any atom is 0.261 e. The Hall–Kier alpha value is -3.21. The number of imide groups is 1. The van der Waals surface area contributed by atoms with E-state index in [9.17, 15) is 9.59 Å². The lowest BCUT2D eigenvalue weighted by Crippen LogP contribution is -2.29. The molecule has 1 aliphatic heterocycles. The first-order valence-corrected chi connectivity index (χ1v) is 7.66. The number of aryl methyl sites for hydroxylation is 1. The van der Waals surface area contributed by atoms with Crippen molar-refractivity contribution in [1.82, 2.24) is 14.7 Å². The SMILES string of the molecule is Cn1cc(-c2ccc(CN3C(=O)c4ccccc4C3=O)cc2)cn1. The van der Waals surface area contributed by atoms with Gasteiger partial charge in [-0.25, -0.2) is 0 Å². The Morgan fingerprint density at radius 3 is 2.04 bits per heavy atom. The van der Waals surface area contributed by atoms with Gasteiger partial charge < -0.3 is 0 Å². The van der Waals surface area contributed by atoms with Gasteiger partial charge in [0.1, 0.15) is 0 Å². The zero-order valence-corrected chi connectivity index (χ0v) is 13.1. The van der Waals surface area contributed by atoms with Crippen LogP contribution in [0.15, 0.2) is 60.9 Å². The molecule has 0 bridgehead atoms. The average molecular weight is 317 g/mol. The molecule has 3 aromatic rings. The monoisotopic (exact) mass is 317 g/mol. The summed E-state index contributed by atoms with van der Waals surface area (Å²) in [6, 6.07) is 14.8. The Morgan fingerprint density at radius 2 is 1.50 bits per heavy atom. The predicted molar refractivity (Wildman–Crippen MR) is 89.3 cm³/mol. The number of fused-ring (bicyclic) bond motifs is 1. The molecule has 5 heteroatoms. The van der Waals surface area contributed by atoms with Crippen LogP contribution in [0, 0.1) is 0 Å². The first kappa shape index (κ1) is 14.4. The van der Waals surface area contributed by atoms with Crippen molar-refractivity contribution in [3.63, 3.8) is 0 Å². The van der Waals surface area contributed by atoms with Crippen molar-refractivity contribution < 1.29 is 9.59 Å². The summed E-state index contributed by atoms with van der Waals surface area (Å²) in [5, 5.41) is 4.16. The van der Waals surface area contributed by atoms with Crippen LogP contribution in [0.2, 0.25) is 0 Å². The van der Waals surface area contributed by atoms with Crippen molar-refractivity contribution >= 4 is 11.8 Å². The Morgan fingerprint density at radius 1 is 0.875 bits per heavy atom. The number of carbonyl (C=O) groups is 2. The number of hydrogen-bond donors (Lipinski definition) is 0. The van der Waals surface area contributed by atoms with Crippen LogP contribution >= 0.6 is 0 Å². The van der Waals surface area contributed by atoms with Gasteiger partial charge >= 0.3 is 0 Å². The van der Waals surface area contributed by atoms with E-state index in [4.69, 9.17) is 0 Å². The fraction of sp³-hybridized carbons (Fsp3) is 0.105. The summed E-state index contributed by atoms with van der Waals surface area (Å²) in [6.07, 6.45) is 3.75. The number of nitrogens with zero attached hydrogens (tertiary/aromatic N) is 3. The van der Waals surface area contributed by atoms with E-state index in [0.717, 1.165) is 16.7 Å². The third-order valence-corrected chi connectivity index (χ3v) is 4.21. The van der Waals surface area contributed by atoms with Crippen LogP contribution in [-0.4, -0.2) is 26.5 Å². The summed E-state index contributed by atoms with van der Waals surface area (Å²) in [4.78, 5) is 26.1. The van der Waals surface area contributed by atoms with E-state index in [2.05, 4.69) is 5.10 Å². The van der Waals surface area contributed by atoms with Crippen LogP contribution in [0.4, 0.5) is 0 Å². The topological polar surface area (TPSA) is 55.2 Å². The lowest BCUT2D eigenvalue weighted by atomic mass is 10.1. The van der Waals surface area contributed by atoms with Gasteiger partial charge in [-0.1, -0.05) is 36.4 Å². The molecule has 1 aliphatic rings. The Bertz CT molecular complexity index is 906. The van der Waals surface area contributed by atoms with Gasteiger partial charge in [-0.05, 0) is 23.3 Å². The molecular formula is C19H15N3O2. The zero-order valence-electron chi connectivity index (χ0n) is 13.1. The van der Waals surface area contributed by atoms with Crippen LogP contribution in [0.1, 0.15) is 26.3 Å². The van der Waals surface area contributed by atoms with Gasteiger partial charge in [-0.3, -0.25) is 19.2 Å². The summed E-state index contributed by atoms with van der Waals surface area (Å²) < 4.78 is 1.75. The standard InChI is InChI=1S/C19H15N3O2/c1-21-12-15(10-20-21)14-8-6-13(7-9-14)11-22-18(23)16-4-2-3-5-17(16)19(22)24/h2-10,12H,11H2,1H3. The molecule has 0 spiro atoms.